The van der Waals surface area contributed by atoms with Gasteiger partial charge in [0.25, 0.3) is 0 Å². The molecular weight excluding hydrogens is 224 g/mol. The molecule has 2 N–H and O–H groups in total. The van der Waals surface area contributed by atoms with Crippen LogP contribution in [0.15, 0.2) is 0 Å². The molecule has 1 aromatic heterocycles. The molecule has 1 unspecified atom stereocenters. The van der Waals surface area contributed by atoms with Crippen LogP contribution in [0.5, 0.6) is 0 Å². The number of nitrogens with two attached hydrogens (primary N) is 1. The summed E-state index contributed by atoms with van der Waals surface area (Å²) in [6.07, 6.45) is 7.41. The van der Waals surface area contributed by atoms with Gasteiger partial charge in [0.15, 0.2) is 0 Å². The molecule has 2 rings (SSSR count). The van der Waals surface area contributed by atoms with Crippen molar-refractivity contribution in [3.05, 3.63) is 11.6 Å². The summed E-state index contributed by atoms with van der Waals surface area (Å²) in [5, 5.41) is 8.61. The fourth-order valence-corrected chi connectivity index (χ4v) is 2.81. The summed E-state index contributed by atoms with van der Waals surface area (Å²) in [5.74, 6) is 2.62. The normalized spacial score (nSPS) is 19.4. The zero-order chi connectivity index (χ0) is 13.1. The first kappa shape index (κ1) is 13.5. The molecule has 0 amide bonds. The van der Waals surface area contributed by atoms with E-state index in [9.17, 15) is 0 Å². The van der Waals surface area contributed by atoms with Crippen molar-refractivity contribution >= 4 is 0 Å². The van der Waals surface area contributed by atoms with Crippen molar-refractivity contribution in [3.8, 4) is 0 Å². The van der Waals surface area contributed by atoms with Gasteiger partial charge in [-0.2, -0.15) is 0 Å². The first-order valence-corrected chi connectivity index (χ1v) is 7.25. The van der Waals surface area contributed by atoms with Crippen molar-refractivity contribution in [3.63, 3.8) is 0 Å². The minimum absolute atomic E-state index is 0.177. The Hall–Kier alpha value is -0.900. The van der Waals surface area contributed by atoms with Crippen LogP contribution in [-0.4, -0.2) is 20.8 Å². The molecule has 1 fully saturated rings. The predicted molar refractivity (Wildman–Crippen MR) is 73.4 cm³/mol. The number of hydrogen-bond donors (Lipinski definition) is 1. The minimum atomic E-state index is 0.177. The molecule has 102 valence electrons. The Kier molecular flexibility index (Phi) is 4.38. The highest BCUT2D eigenvalue weighted by Crippen LogP contribution is 2.30. The Balaban J connectivity index is 2.15. The van der Waals surface area contributed by atoms with E-state index in [-0.39, 0.29) is 6.04 Å². The lowest BCUT2D eigenvalue weighted by Crippen LogP contribution is -2.31. The third-order valence-electron chi connectivity index (χ3n) is 4.15. The second kappa shape index (κ2) is 5.83. The van der Waals surface area contributed by atoms with E-state index in [0.29, 0.717) is 12.0 Å². The standard InChI is InChI=1S/C14H26N4/c1-10(2)13(15)9-14-17-16-11(3)18(14)12-7-5-4-6-8-12/h10,12-13H,4-9,15H2,1-3H3. The van der Waals surface area contributed by atoms with Crippen molar-refractivity contribution in [1.29, 1.82) is 0 Å². The number of nitrogens with zero attached hydrogens (tertiary/aromatic N) is 3. The third kappa shape index (κ3) is 2.91. The molecule has 1 saturated carbocycles. The van der Waals surface area contributed by atoms with Crippen LogP contribution in [0.1, 0.15) is 63.6 Å². The molecule has 0 bridgehead atoms. The smallest absolute Gasteiger partial charge is 0.134 e. The van der Waals surface area contributed by atoms with E-state index in [0.717, 1.165) is 18.1 Å². The quantitative estimate of drug-likeness (QED) is 0.893. The Morgan fingerprint density at radius 3 is 2.50 bits per heavy atom. The highest BCUT2D eigenvalue weighted by molar-refractivity contribution is 5.00. The Bertz CT molecular complexity index is 377. The van der Waals surface area contributed by atoms with Crippen LogP contribution in [0.25, 0.3) is 0 Å². The molecule has 0 saturated heterocycles. The molecule has 18 heavy (non-hydrogen) atoms. The molecule has 4 heteroatoms. The second-order valence-electron chi connectivity index (χ2n) is 5.94. The SMILES string of the molecule is Cc1nnc(CC(N)C(C)C)n1C1CCCCC1. The van der Waals surface area contributed by atoms with Gasteiger partial charge in [-0.25, -0.2) is 0 Å². The van der Waals surface area contributed by atoms with Crippen LogP contribution in [0.2, 0.25) is 0 Å². The molecule has 1 aromatic rings. The maximum atomic E-state index is 6.18. The predicted octanol–water partition coefficient (Wildman–Crippen LogP) is 2.62. The van der Waals surface area contributed by atoms with Crippen molar-refractivity contribution in [2.45, 2.75) is 71.4 Å². The first-order valence-electron chi connectivity index (χ1n) is 7.25. The van der Waals surface area contributed by atoms with Gasteiger partial charge in [0, 0.05) is 18.5 Å². The number of hydrogen-bond acceptors (Lipinski definition) is 3. The Morgan fingerprint density at radius 2 is 1.89 bits per heavy atom. The maximum absolute atomic E-state index is 6.18. The fraction of sp³-hybridized carbons (Fsp3) is 0.857. The summed E-state index contributed by atoms with van der Waals surface area (Å²) < 4.78 is 2.35. The highest BCUT2D eigenvalue weighted by atomic mass is 15.3. The molecule has 0 aromatic carbocycles. The van der Waals surface area contributed by atoms with E-state index in [1.165, 1.54) is 32.1 Å². The van der Waals surface area contributed by atoms with Crippen LogP contribution < -0.4 is 5.73 Å². The van der Waals surface area contributed by atoms with Crippen LogP contribution in [0.4, 0.5) is 0 Å². The number of aromatic nitrogens is 3. The average Bonchev–Trinajstić information content (AvgIpc) is 2.71. The lowest BCUT2D eigenvalue weighted by Gasteiger charge is -2.26. The van der Waals surface area contributed by atoms with E-state index in [1.54, 1.807) is 0 Å². The van der Waals surface area contributed by atoms with E-state index >= 15 is 0 Å². The largest absolute Gasteiger partial charge is 0.327 e. The molecular formula is C14H26N4. The summed E-state index contributed by atoms with van der Waals surface area (Å²) in [6, 6.07) is 0.777. The summed E-state index contributed by atoms with van der Waals surface area (Å²) in [6.45, 7) is 6.39. The van der Waals surface area contributed by atoms with E-state index in [2.05, 4.69) is 35.5 Å². The van der Waals surface area contributed by atoms with Crippen molar-refractivity contribution in [2.24, 2.45) is 11.7 Å². The van der Waals surface area contributed by atoms with E-state index in [1.807, 2.05) is 0 Å². The monoisotopic (exact) mass is 250 g/mol. The van der Waals surface area contributed by atoms with E-state index < -0.39 is 0 Å². The summed E-state index contributed by atoms with van der Waals surface area (Å²) >= 11 is 0. The zero-order valence-electron chi connectivity index (χ0n) is 11.9. The molecule has 1 aliphatic carbocycles. The van der Waals surface area contributed by atoms with Gasteiger partial charge < -0.3 is 10.3 Å². The first-order chi connectivity index (χ1) is 8.59. The van der Waals surface area contributed by atoms with Gasteiger partial charge in [-0.05, 0) is 25.7 Å². The van der Waals surface area contributed by atoms with Gasteiger partial charge in [0.05, 0.1) is 0 Å². The molecule has 1 aliphatic rings. The lowest BCUT2D eigenvalue weighted by molar-refractivity contribution is 0.336. The van der Waals surface area contributed by atoms with Crippen LogP contribution in [0, 0.1) is 12.8 Å². The average molecular weight is 250 g/mol. The minimum Gasteiger partial charge on any atom is -0.327 e. The molecule has 0 radical (unpaired) electrons. The van der Waals surface area contributed by atoms with Gasteiger partial charge in [-0.15, -0.1) is 10.2 Å². The molecule has 0 spiro atoms. The van der Waals surface area contributed by atoms with Crippen molar-refractivity contribution in [2.75, 3.05) is 0 Å². The van der Waals surface area contributed by atoms with Crippen LogP contribution in [-0.2, 0) is 6.42 Å². The molecule has 1 heterocycles. The van der Waals surface area contributed by atoms with E-state index in [4.69, 9.17) is 5.73 Å². The maximum Gasteiger partial charge on any atom is 0.134 e. The van der Waals surface area contributed by atoms with Crippen molar-refractivity contribution < 1.29 is 0 Å². The summed E-state index contributed by atoms with van der Waals surface area (Å²) in [4.78, 5) is 0. The fourth-order valence-electron chi connectivity index (χ4n) is 2.81. The third-order valence-corrected chi connectivity index (χ3v) is 4.15. The van der Waals surface area contributed by atoms with Crippen LogP contribution >= 0.6 is 0 Å². The Morgan fingerprint density at radius 1 is 1.22 bits per heavy atom. The lowest BCUT2D eigenvalue weighted by atomic mass is 9.94. The Labute approximate surface area is 110 Å². The molecule has 1 atom stereocenters. The van der Waals surface area contributed by atoms with Crippen LogP contribution in [0.3, 0.4) is 0 Å². The van der Waals surface area contributed by atoms with Gasteiger partial charge in [0.1, 0.15) is 11.6 Å². The van der Waals surface area contributed by atoms with Crippen molar-refractivity contribution in [1.82, 2.24) is 14.8 Å². The second-order valence-corrected chi connectivity index (χ2v) is 5.94. The van der Waals surface area contributed by atoms with Gasteiger partial charge in [-0.3, -0.25) is 0 Å². The zero-order valence-corrected chi connectivity index (χ0v) is 11.9. The highest BCUT2D eigenvalue weighted by Gasteiger charge is 2.22. The van der Waals surface area contributed by atoms with Gasteiger partial charge >= 0.3 is 0 Å². The van der Waals surface area contributed by atoms with Gasteiger partial charge in [-0.1, -0.05) is 33.1 Å². The topological polar surface area (TPSA) is 56.7 Å². The summed E-state index contributed by atoms with van der Waals surface area (Å²) in [5.41, 5.74) is 6.18. The number of aryl methyl sites for hydroxylation is 1. The molecule has 0 aliphatic heterocycles. The summed E-state index contributed by atoms with van der Waals surface area (Å²) in [7, 11) is 0. The van der Waals surface area contributed by atoms with Gasteiger partial charge in [0.2, 0.25) is 0 Å². The number of rotatable bonds is 4. The molecule has 4 nitrogen and oxygen atoms in total.